The lowest BCUT2D eigenvalue weighted by molar-refractivity contribution is -0.122. The second-order valence-electron chi connectivity index (χ2n) is 7.96. The molecule has 4 amide bonds. The molecule has 35 heavy (non-hydrogen) atoms. The van der Waals surface area contributed by atoms with Crippen LogP contribution in [0.5, 0.6) is 5.75 Å². The molecule has 6 nitrogen and oxygen atoms in total. The molecule has 1 fully saturated rings. The van der Waals surface area contributed by atoms with Crippen molar-refractivity contribution in [2.24, 2.45) is 0 Å². The topological polar surface area (TPSA) is 75.7 Å². The Bertz CT molecular complexity index is 1370. The van der Waals surface area contributed by atoms with Gasteiger partial charge in [-0.15, -0.1) is 0 Å². The number of carbonyl (C=O) groups is 3. The molecule has 1 aliphatic heterocycles. The Labute approximate surface area is 214 Å². The molecule has 0 radical (unpaired) electrons. The highest BCUT2D eigenvalue weighted by atomic mass is 79.9. The van der Waals surface area contributed by atoms with Crippen LogP contribution in [0.15, 0.2) is 64.6 Å². The molecule has 0 aliphatic carbocycles. The van der Waals surface area contributed by atoms with Crippen molar-refractivity contribution in [2.75, 3.05) is 4.90 Å². The molecule has 3 aromatic rings. The van der Waals surface area contributed by atoms with E-state index in [1.165, 1.54) is 24.3 Å². The minimum Gasteiger partial charge on any atom is -0.486 e. The second kappa shape index (κ2) is 10.0. The summed E-state index contributed by atoms with van der Waals surface area (Å²) in [5.41, 5.74) is 3.25. The van der Waals surface area contributed by atoms with Crippen molar-refractivity contribution in [3.63, 3.8) is 0 Å². The smallest absolute Gasteiger partial charge is 0.335 e. The van der Waals surface area contributed by atoms with Gasteiger partial charge in [-0.05, 0) is 94.5 Å². The summed E-state index contributed by atoms with van der Waals surface area (Å²) in [5.74, 6) is -1.54. The van der Waals surface area contributed by atoms with E-state index in [0.717, 1.165) is 21.6 Å². The number of aryl methyl sites for hydroxylation is 2. The average molecular weight is 558 g/mol. The zero-order valence-corrected chi connectivity index (χ0v) is 21.0. The van der Waals surface area contributed by atoms with Gasteiger partial charge in [0.15, 0.2) is 5.75 Å². The van der Waals surface area contributed by atoms with Gasteiger partial charge in [0.1, 0.15) is 18.0 Å². The maximum Gasteiger partial charge on any atom is 0.335 e. The van der Waals surface area contributed by atoms with E-state index in [1.54, 1.807) is 36.4 Å². The summed E-state index contributed by atoms with van der Waals surface area (Å²) in [6.07, 6.45) is 1.36. The van der Waals surface area contributed by atoms with Gasteiger partial charge in [-0.3, -0.25) is 14.9 Å². The molecule has 0 spiro atoms. The molecule has 9 heteroatoms. The van der Waals surface area contributed by atoms with E-state index in [0.29, 0.717) is 21.5 Å². The van der Waals surface area contributed by atoms with E-state index < -0.39 is 17.8 Å². The third-order valence-electron chi connectivity index (χ3n) is 5.48. The Kier molecular flexibility index (Phi) is 7.05. The van der Waals surface area contributed by atoms with Crippen molar-refractivity contribution >= 4 is 57.1 Å². The van der Waals surface area contributed by atoms with Crippen LogP contribution in [-0.2, 0) is 16.2 Å². The van der Waals surface area contributed by atoms with E-state index in [4.69, 9.17) is 16.3 Å². The predicted octanol–water partition coefficient (Wildman–Crippen LogP) is 6.10. The van der Waals surface area contributed by atoms with Crippen LogP contribution < -0.4 is 15.0 Å². The molecule has 178 valence electrons. The summed E-state index contributed by atoms with van der Waals surface area (Å²) in [7, 11) is 0. The van der Waals surface area contributed by atoms with Crippen LogP contribution in [0.3, 0.4) is 0 Å². The third-order valence-corrected chi connectivity index (χ3v) is 6.35. The summed E-state index contributed by atoms with van der Waals surface area (Å²) in [5, 5.41) is 2.44. The van der Waals surface area contributed by atoms with Gasteiger partial charge in [-0.2, -0.15) is 0 Å². The summed E-state index contributed by atoms with van der Waals surface area (Å²) in [6.45, 7) is 3.94. The second-order valence-corrected chi connectivity index (χ2v) is 9.22. The number of imide groups is 2. The van der Waals surface area contributed by atoms with Crippen molar-refractivity contribution in [1.82, 2.24) is 5.32 Å². The number of carbonyl (C=O) groups excluding carboxylic acids is 3. The number of amides is 4. The van der Waals surface area contributed by atoms with E-state index in [-0.39, 0.29) is 23.0 Å². The Hall–Kier alpha value is -3.49. The Morgan fingerprint density at radius 2 is 1.74 bits per heavy atom. The lowest BCUT2D eigenvalue weighted by Crippen LogP contribution is -2.54. The number of nitrogens with one attached hydrogen (secondary N) is 1. The molecule has 1 aliphatic rings. The van der Waals surface area contributed by atoms with E-state index in [9.17, 15) is 18.8 Å². The number of ether oxygens (including phenoxy) is 1. The van der Waals surface area contributed by atoms with Crippen LogP contribution in [0.25, 0.3) is 6.08 Å². The number of anilines is 1. The summed E-state index contributed by atoms with van der Waals surface area (Å²) < 4.78 is 19.4. The Morgan fingerprint density at radius 3 is 2.40 bits per heavy atom. The molecular formula is C26H19BrClFN2O4. The average Bonchev–Trinajstić information content (AvgIpc) is 2.79. The van der Waals surface area contributed by atoms with Crippen LogP contribution in [0, 0.1) is 19.7 Å². The van der Waals surface area contributed by atoms with Crippen LogP contribution in [0.2, 0.25) is 5.02 Å². The molecule has 1 N–H and O–H groups in total. The van der Waals surface area contributed by atoms with Gasteiger partial charge in [-0.25, -0.2) is 14.1 Å². The molecular weight excluding hydrogens is 539 g/mol. The third kappa shape index (κ3) is 5.28. The number of urea groups is 1. The molecule has 1 heterocycles. The van der Waals surface area contributed by atoms with Crippen molar-refractivity contribution in [3.8, 4) is 5.75 Å². The highest BCUT2D eigenvalue weighted by Crippen LogP contribution is 2.36. The van der Waals surface area contributed by atoms with Gasteiger partial charge in [0.2, 0.25) is 0 Å². The van der Waals surface area contributed by atoms with E-state index in [1.807, 2.05) is 13.8 Å². The SMILES string of the molecule is Cc1ccc(N2C(=O)NC(=O)/C(=C\c3cc(Cl)c(OCc4ccc(F)cc4)c(Br)c3)C2=O)cc1C. The highest BCUT2D eigenvalue weighted by molar-refractivity contribution is 9.10. The largest absolute Gasteiger partial charge is 0.486 e. The standard InChI is InChI=1S/C26H19BrClFN2O4/c1-14-3-8-19(9-15(14)2)31-25(33)20(24(32)30-26(31)34)10-17-11-21(27)23(22(28)12-17)35-13-16-4-6-18(29)7-5-16/h3-12H,13H2,1-2H3,(H,30,32,34)/b20-10+. The predicted molar refractivity (Wildman–Crippen MR) is 135 cm³/mol. The minimum absolute atomic E-state index is 0.160. The van der Waals surface area contributed by atoms with Crippen molar-refractivity contribution in [1.29, 1.82) is 0 Å². The lowest BCUT2D eigenvalue weighted by Gasteiger charge is -2.27. The fourth-order valence-corrected chi connectivity index (χ4v) is 4.45. The van der Waals surface area contributed by atoms with Crippen LogP contribution in [0.4, 0.5) is 14.9 Å². The van der Waals surface area contributed by atoms with Gasteiger partial charge in [0.05, 0.1) is 15.2 Å². The lowest BCUT2D eigenvalue weighted by atomic mass is 10.0. The van der Waals surface area contributed by atoms with Crippen molar-refractivity contribution in [3.05, 3.63) is 97.7 Å². The van der Waals surface area contributed by atoms with Crippen molar-refractivity contribution in [2.45, 2.75) is 20.5 Å². The zero-order chi connectivity index (χ0) is 25.3. The molecule has 3 aromatic carbocycles. The number of barbiturate groups is 1. The molecule has 0 bridgehead atoms. The first-order chi connectivity index (χ1) is 16.6. The minimum atomic E-state index is -0.816. The normalized spacial score (nSPS) is 14.9. The van der Waals surface area contributed by atoms with Crippen LogP contribution in [-0.4, -0.2) is 17.8 Å². The van der Waals surface area contributed by atoms with Gasteiger partial charge in [-0.1, -0.05) is 29.8 Å². The summed E-state index contributed by atoms with van der Waals surface area (Å²) in [4.78, 5) is 39.0. The molecule has 0 unspecified atom stereocenters. The van der Waals surface area contributed by atoms with Crippen LogP contribution in [0.1, 0.15) is 22.3 Å². The quantitative estimate of drug-likeness (QED) is 0.304. The summed E-state index contributed by atoms with van der Waals surface area (Å²) >= 11 is 9.80. The number of benzene rings is 3. The van der Waals surface area contributed by atoms with Crippen LogP contribution >= 0.6 is 27.5 Å². The van der Waals surface area contributed by atoms with E-state index >= 15 is 0 Å². The highest BCUT2D eigenvalue weighted by Gasteiger charge is 2.37. The maximum absolute atomic E-state index is 13.1. The summed E-state index contributed by atoms with van der Waals surface area (Å²) in [6, 6.07) is 13.4. The number of nitrogens with zero attached hydrogens (tertiary/aromatic N) is 1. The Morgan fingerprint density at radius 1 is 1.03 bits per heavy atom. The molecule has 1 saturated heterocycles. The number of halogens is 3. The fraction of sp³-hybridized carbons (Fsp3) is 0.115. The van der Waals surface area contributed by atoms with Gasteiger partial charge in [0, 0.05) is 0 Å². The van der Waals surface area contributed by atoms with E-state index in [2.05, 4.69) is 21.2 Å². The molecule has 0 atom stereocenters. The zero-order valence-electron chi connectivity index (χ0n) is 18.7. The van der Waals surface area contributed by atoms with Crippen molar-refractivity contribution < 1.29 is 23.5 Å². The fourth-order valence-electron chi connectivity index (χ4n) is 3.46. The molecule has 4 rings (SSSR count). The first-order valence-electron chi connectivity index (χ1n) is 10.5. The first-order valence-corrected chi connectivity index (χ1v) is 11.7. The molecule has 0 saturated carbocycles. The first kappa shape index (κ1) is 24.6. The van der Waals surface area contributed by atoms with Gasteiger partial charge in [0.25, 0.3) is 11.8 Å². The number of hydrogen-bond donors (Lipinski definition) is 1. The Balaban J connectivity index is 1.61. The number of hydrogen-bond acceptors (Lipinski definition) is 4. The van der Waals surface area contributed by atoms with Gasteiger partial charge < -0.3 is 4.74 Å². The molecule has 0 aromatic heterocycles. The maximum atomic E-state index is 13.1. The number of rotatable bonds is 5. The van der Waals surface area contributed by atoms with Gasteiger partial charge >= 0.3 is 6.03 Å². The monoisotopic (exact) mass is 556 g/mol.